The predicted molar refractivity (Wildman–Crippen MR) is 51.3 cm³/mol. The second-order valence-electron chi connectivity index (χ2n) is 2.98. The van der Waals surface area contributed by atoms with Gasteiger partial charge in [-0.25, -0.2) is 4.79 Å². The molecule has 5 heteroatoms. The van der Waals surface area contributed by atoms with Crippen molar-refractivity contribution < 1.29 is 19.4 Å². The lowest BCUT2D eigenvalue weighted by Crippen LogP contribution is -2.15. The number of aromatic nitrogens is 1. The molecule has 0 aromatic carbocycles. The summed E-state index contributed by atoms with van der Waals surface area (Å²) in [5.74, 6) is -1.72. The van der Waals surface area contributed by atoms with Crippen molar-refractivity contribution in [2.45, 2.75) is 13.3 Å². The van der Waals surface area contributed by atoms with Gasteiger partial charge in [0, 0.05) is 11.9 Å². The average Bonchev–Trinajstić information content (AvgIpc) is 2.18. The first-order valence-electron chi connectivity index (χ1n) is 4.37. The van der Waals surface area contributed by atoms with Gasteiger partial charge in [-0.3, -0.25) is 9.78 Å². The zero-order chi connectivity index (χ0) is 11.3. The van der Waals surface area contributed by atoms with Crippen LogP contribution in [-0.2, 0) is 20.7 Å². The minimum absolute atomic E-state index is 0.0486. The molecule has 0 unspecified atom stereocenters. The van der Waals surface area contributed by atoms with Gasteiger partial charge in [-0.05, 0) is 18.6 Å². The molecule has 0 spiro atoms. The highest BCUT2D eigenvalue weighted by Gasteiger charge is 2.08. The number of carbonyl (C=O) groups is 2. The zero-order valence-corrected chi connectivity index (χ0v) is 8.27. The molecule has 1 aromatic heterocycles. The van der Waals surface area contributed by atoms with Crippen LogP contribution in [0.15, 0.2) is 18.3 Å². The topological polar surface area (TPSA) is 76.5 Å². The van der Waals surface area contributed by atoms with Gasteiger partial charge in [-0.1, -0.05) is 6.07 Å². The molecule has 0 aliphatic heterocycles. The summed E-state index contributed by atoms with van der Waals surface area (Å²) < 4.78 is 4.50. The molecule has 1 rings (SSSR count). The molecule has 0 saturated heterocycles. The van der Waals surface area contributed by atoms with Crippen LogP contribution in [0.3, 0.4) is 0 Å². The normalized spacial score (nSPS) is 9.67. The lowest BCUT2D eigenvalue weighted by molar-refractivity contribution is -0.154. The Morgan fingerprint density at radius 2 is 2.27 bits per heavy atom. The van der Waals surface area contributed by atoms with E-state index in [-0.39, 0.29) is 6.42 Å². The molecule has 1 heterocycles. The van der Waals surface area contributed by atoms with E-state index in [1.165, 1.54) is 0 Å². The van der Waals surface area contributed by atoms with Crippen LogP contribution in [0.5, 0.6) is 0 Å². The van der Waals surface area contributed by atoms with E-state index in [1.807, 2.05) is 0 Å². The Morgan fingerprint density at radius 1 is 1.53 bits per heavy atom. The fourth-order valence-electron chi connectivity index (χ4n) is 1.05. The number of hydrogen-bond acceptors (Lipinski definition) is 4. The zero-order valence-electron chi connectivity index (χ0n) is 8.27. The van der Waals surface area contributed by atoms with E-state index in [0.29, 0.717) is 0 Å². The summed E-state index contributed by atoms with van der Waals surface area (Å²) in [6.07, 6.45) is 1.67. The summed E-state index contributed by atoms with van der Waals surface area (Å²) in [4.78, 5) is 25.3. The molecule has 80 valence electrons. The number of rotatable bonds is 4. The second-order valence-corrected chi connectivity index (χ2v) is 2.98. The van der Waals surface area contributed by atoms with E-state index >= 15 is 0 Å². The predicted octanol–water partition coefficient (Wildman–Crippen LogP) is 0.560. The van der Waals surface area contributed by atoms with Crippen molar-refractivity contribution in [2.75, 3.05) is 6.61 Å². The molecule has 0 saturated carbocycles. The number of ether oxygens (including phenoxy) is 1. The maximum absolute atomic E-state index is 11.2. The average molecular weight is 209 g/mol. The fraction of sp³-hybridized carbons (Fsp3) is 0.300. The number of carboxylic acids is 1. The molecule has 0 aliphatic rings. The van der Waals surface area contributed by atoms with Crippen LogP contribution < -0.4 is 0 Å². The minimum Gasteiger partial charge on any atom is -0.479 e. The summed E-state index contributed by atoms with van der Waals surface area (Å²) in [5.41, 5.74) is 1.48. The van der Waals surface area contributed by atoms with Gasteiger partial charge < -0.3 is 9.84 Å². The number of carboxylic acid groups (broad SMARTS) is 1. The van der Waals surface area contributed by atoms with Crippen LogP contribution in [-0.4, -0.2) is 28.6 Å². The first-order valence-corrected chi connectivity index (χ1v) is 4.37. The van der Waals surface area contributed by atoms with Gasteiger partial charge in [0.05, 0.1) is 6.42 Å². The van der Waals surface area contributed by atoms with Gasteiger partial charge >= 0.3 is 11.9 Å². The highest BCUT2D eigenvalue weighted by molar-refractivity contribution is 5.76. The Kier molecular flexibility index (Phi) is 3.79. The molecule has 0 aliphatic carbocycles. The van der Waals surface area contributed by atoms with Gasteiger partial charge in [0.2, 0.25) is 0 Å². The standard InChI is InChI=1S/C10H11NO4/c1-7-8(3-2-4-11-7)5-10(14)15-6-9(12)13/h2-4H,5-6H2,1H3,(H,12,13). The maximum atomic E-state index is 11.2. The van der Waals surface area contributed by atoms with Crippen LogP contribution in [0.25, 0.3) is 0 Å². The van der Waals surface area contributed by atoms with Crippen molar-refractivity contribution >= 4 is 11.9 Å². The number of aryl methyl sites for hydroxylation is 1. The van der Waals surface area contributed by atoms with Crippen LogP contribution >= 0.6 is 0 Å². The van der Waals surface area contributed by atoms with Crippen LogP contribution in [0.1, 0.15) is 11.3 Å². The number of nitrogens with zero attached hydrogens (tertiary/aromatic N) is 1. The minimum atomic E-state index is -1.16. The molecule has 0 radical (unpaired) electrons. The van der Waals surface area contributed by atoms with Gasteiger partial charge in [-0.15, -0.1) is 0 Å². The number of carbonyl (C=O) groups excluding carboxylic acids is 1. The molecule has 1 N–H and O–H groups in total. The Morgan fingerprint density at radius 3 is 2.87 bits per heavy atom. The van der Waals surface area contributed by atoms with E-state index in [0.717, 1.165) is 11.3 Å². The molecular formula is C10H11NO4. The highest BCUT2D eigenvalue weighted by Crippen LogP contribution is 2.05. The van der Waals surface area contributed by atoms with E-state index in [4.69, 9.17) is 5.11 Å². The van der Waals surface area contributed by atoms with Gasteiger partial charge in [0.15, 0.2) is 6.61 Å². The summed E-state index contributed by atoms with van der Waals surface area (Å²) >= 11 is 0. The summed E-state index contributed by atoms with van der Waals surface area (Å²) in [6, 6.07) is 3.47. The maximum Gasteiger partial charge on any atom is 0.341 e. The Labute approximate surface area is 86.7 Å². The molecular weight excluding hydrogens is 198 g/mol. The Bertz CT molecular complexity index is 375. The summed E-state index contributed by atoms with van der Waals surface area (Å²) in [6.45, 7) is 1.18. The largest absolute Gasteiger partial charge is 0.479 e. The van der Waals surface area contributed by atoms with Crippen molar-refractivity contribution in [1.82, 2.24) is 4.98 Å². The molecule has 1 aromatic rings. The summed E-state index contributed by atoms with van der Waals surface area (Å²) in [5, 5.41) is 8.29. The van der Waals surface area contributed by atoms with Gasteiger partial charge in [0.25, 0.3) is 0 Å². The van der Waals surface area contributed by atoms with E-state index in [2.05, 4.69) is 9.72 Å². The Balaban J connectivity index is 2.52. The third kappa shape index (κ3) is 3.76. The molecule has 5 nitrogen and oxygen atoms in total. The first-order chi connectivity index (χ1) is 7.09. The molecule has 0 atom stereocenters. The monoisotopic (exact) mass is 209 g/mol. The van der Waals surface area contributed by atoms with Gasteiger partial charge in [0.1, 0.15) is 0 Å². The molecule has 15 heavy (non-hydrogen) atoms. The fourth-order valence-corrected chi connectivity index (χ4v) is 1.05. The van der Waals surface area contributed by atoms with E-state index in [9.17, 15) is 9.59 Å². The Hall–Kier alpha value is -1.91. The van der Waals surface area contributed by atoms with Crippen molar-refractivity contribution in [1.29, 1.82) is 0 Å². The van der Waals surface area contributed by atoms with E-state index in [1.54, 1.807) is 25.3 Å². The quantitative estimate of drug-likeness (QED) is 0.733. The molecule has 0 amide bonds. The lowest BCUT2D eigenvalue weighted by Gasteiger charge is -2.03. The smallest absolute Gasteiger partial charge is 0.341 e. The summed E-state index contributed by atoms with van der Waals surface area (Å²) in [7, 11) is 0. The van der Waals surface area contributed by atoms with Crippen molar-refractivity contribution in [3.8, 4) is 0 Å². The van der Waals surface area contributed by atoms with Crippen LogP contribution in [0.2, 0.25) is 0 Å². The third-order valence-corrected chi connectivity index (χ3v) is 1.81. The van der Waals surface area contributed by atoms with Crippen LogP contribution in [0, 0.1) is 6.92 Å². The molecule has 0 bridgehead atoms. The SMILES string of the molecule is Cc1ncccc1CC(=O)OCC(=O)O. The second kappa shape index (κ2) is 5.09. The number of pyridine rings is 1. The van der Waals surface area contributed by atoms with Crippen molar-refractivity contribution in [3.05, 3.63) is 29.6 Å². The number of aliphatic carboxylic acids is 1. The highest BCUT2D eigenvalue weighted by atomic mass is 16.5. The van der Waals surface area contributed by atoms with E-state index < -0.39 is 18.5 Å². The lowest BCUT2D eigenvalue weighted by atomic mass is 10.1. The van der Waals surface area contributed by atoms with Crippen molar-refractivity contribution in [2.24, 2.45) is 0 Å². The number of hydrogen-bond donors (Lipinski definition) is 1. The van der Waals surface area contributed by atoms with Gasteiger partial charge in [-0.2, -0.15) is 0 Å². The van der Waals surface area contributed by atoms with Crippen LogP contribution in [0.4, 0.5) is 0 Å². The molecule has 0 fully saturated rings. The third-order valence-electron chi connectivity index (χ3n) is 1.81. The number of esters is 1. The first kappa shape index (κ1) is 11.2. The van der Waals surface area contributed by atoms with Crippen molar-refractivity contribution in [3.63, 3.8) is 0 Å².